The number of hydrogen-bond acceptors (Lipinski definition) is 2. The lowest BCUT2D eigenvalue weighted by atomic mass is 11.0. The van der Waals surface area contributed by atoms with Crippen molar-refractivity contribution in [3.63, 3.8) is 0 Å². The Morgan fingerprint density at radius 2 is 1.64 bits per heavy atom. The van der Waals surface area contributed by atoms with Crippen LogP contribution in [0.25, 0.3) is 0 Å². The Hall–Kier alpha value is -2.06. The van der Waals surface area contributed by atoms with E-state index in [9.17, 15) is 0 Å². The van der Waals surface area contributed by atoms with Crippen molar-refractivity contribution >= 4 is 11.9 Å². The van der Waals surface area contributed by atoms with Gasteiger partial charge in [-0.15, -0.1) is 0 Å². The van der Waals surface area contributed by atoms with Crippen molar-refractivity contribution in [1.29, 1.82) is 5.41 Å². The van der Waals surface area contributed by atoms with Crippen molar-refractivity contribution in [1.82, 2.24) is 0 Å². The molecule has 0 unspecified atom stereocenters. The van der Waals surface area contributed by atoms with Crippen molar-refractivity contribution < 1.29 is 15.5 Å². The summed E-state index contributed by atoms with van der Waals surface area (Å²) in [5.41, 5.74) is 14.3. The van der Waals surface area contributed by atoms with Gasteiger partial charge in [-0.3, -0.25) is 5.41 Å². The van der Waals surface area contributed by atoms with E-state index in [0.29, 0.717) is 0 Å². The maximum atomic E-state index is 8.47. The van der Waals surface area contributed by atoms with E-state index in [4.69, 9.17) is 37.9 Å². The predicted molar refractivity (Wildman–Crippen MR) is 34.9 cm³/mol. The molecule has 9 heteroatoms. The topological polar surface area (TPSA) is 175 Å². The summed E-state index contributed by atoms with van der Waals surface area (Å²) in [5, 5.41) is 19.0. The Labute approximate surface area is 61.1 Å². The van der Waals surface area contributed by atoms with Gasteiger partial charge in [-0.2, -0.15) is 4.99 Å². The molecule has 0 saturated heterocycles. The standard InChI is InChI=1S/C2H7N5.H2NO3/c3-1(4)7-2(5)6;2-1(3)4/h(H7,3,4,5,6,7);(H2,2,3,4)/q;+1. The molecule has 0 aliphatic rings. The highest BCUT2D eigenvalue weighted by Crippen LogP contribution is 1.56. The molecule has 0 atom stereocenters. The monoisotopic (exact) mass is 165 g/mol. The zero-order valence-corrected chi connectivity index (χ0v) is 5.43. The van der Waals surface area contributed by atoms with Crippen molar-refractivity contribution in [2.45, 2.75) is 0 Å². The maximum Gasteiger partial charge on any atom is 0.472 e. The average molecular weight is 165 g/mol. The molecule has 0 aromatic rings. The first kappa shape index (κ1) is 11.7. The molecule has 9 N–H and O–H groups in total. The fourth-order valence-corrected chi connectivity index (χ4v) is 0.139. The molecule has 0 heterocycles. The summed E-state index contributed by atoms with van der Waals surface area (Å²) >= 11 is 0. The van der Waals surface area contributed by atoms with Crippen LogP contribution in [0.3, 0.4) is 0 Å². The van der Waals surface area contributed by atoms with Gasteiger partial charge in [-0.25, -0.2) is 10.4 Å². The first-order valence-corrected chi connectivity index (χ1v) is 2.15. The lowest BCUT2D eigenvalue weighted by Crippen LogP contribution is -2.25. The molecular formula is C2H9N6O3+. The van der Waals surface area contributed by atoms with Crippen LogP contribution in [0.1, 0.15) is 0 Å². The molecule has 0 aromatic heterocycles. The first-order chi connectivity index (χ1) is 4.86. The summed E-state index contributed by atoms with van der Waals surface area (Å²) in [6.07, 6.45) is 0. The van der Waals surface area contributed by atoms with Gasteiger partial charge in [0.05, 0.1) is 0 Å². The van der Waals surface area contributed by atoms with E-state index in [1.54, 1.807) is 0 Å². The molecular weight excluding hydrogens is 156 g/mol. The van der Waals surface area contributed by atoms with E-state index in [0.717, 1.165) is 0 Å². The van der Waals surface area contributed by atoms with Gasteiger partial charge in [0.25, 0.3) is 0 Å². The summed E-state index contributed by atoms with van der Waals surface area (Å²) in [5.74, 6) is -0.562. The van der Waals surface area contributed by atoms with Gasteiger partial charge in [-0.1, -0.05) is 0 Å². The number of nitrogens with two attached hydrogens (primary N) is 3. The van der Waals surface area contributed by atoms with Gasteiger partial charge in [0, 0.05) is 0 Å². The van der Waals surface area contributed by atoms with Crippen LogP contribution in [-0.4, -0.2) is 27.4 Å². The van der Waals surface area contributed by atoms with Crippen LogP contribution in [-0.2, 0) is 0 Å². The Bertz CT molecular complexity index is 167. The molecule has 0 spiro atoms. The molecule has 0 bridgehead atoms. The second kappa shape index (κ2) is 6.07. The lowest BCUT2D eigenvalue weighted by Gasteiger charge is -1.84. The summed E-state index contributed by atoms with van der Waals surface area (Å²) in [4.78, 5) is 11.6. The molecule has 0 radical (unpaired) electrons. The minimum Gasteiger partial charge on any atom is -0.370 e. The van der Waals surface area contributed by atoms with Gasteiger partial charge < -0.3 is 17.2 Å². The van der Waals surface area contributed by atoms with E-state index in [2.05, 4.69) is 4.99 Å². The van der Waals surface area contributed by atoms with Crippen molar-refractivity contribution in [2.75, 3.05) is 0 Å². The third-order valence-electron chi connectivity index (χ3n) is 0.250. The molecule has 9 nitrogen and oxygen atoms in total. The van der Waals surface area contributed by atoms with Crippen molar-refractivity contribution in [3.05, 3.63) is 4.91 Å². The Balaban J connectivity index is 0. The Morgan fingerprint density at radius 3 is 1.64 bits per heavy atom. The largest absolute Gasteiger partial charge is 0.472 e. The van der Waals surface area contributed by atoms with Gasteiger partial charge in [-0.05, 0) is 0 Å². The fourth-order valence-electron chi connectivity index (χ4n) is 0.139. The fraction of sp³-hybridized carbons (Fsp3) is 0. The van der Waals surface area contributed by atoms with Crippen LogP contribution in [0.4, 0.5) is 0 Å². The highest BCUT2D eigenvalue weighted by molar-refractivity contribution is 5.90. The predicted octanol–water partition coefficient (Wildman–Crippen LogP) is -2.30. The second-order valence-corrected chi connectivity index (χ2v) is 1.17. The number of hydrogen-bond donors (Lipinski definition) is 6. The maximum absolute atomic E-state index is 8.47. The molecule has 0 aliphatic heterocycles. The number of aliphatic imine (C=N–C) groups is 1. The van der Waals surface area contributed by atoms with Crippen molar-refractivity contribution in [2.24, 2.45) is 22.2 Å². The van der Waals surface area contributed by atoms with Crippen LogP contribution in [0, 0.1) is 10.3 Å². The highest BCUT2D eigenvalue weighted by atomic mass is 16.9. The third-order valence-corrected chi connectivity index (χ3v) is 0.250. The zero-order chi connectivity index (χ0) is 9.44. The summed E-state index contributed by atoms with van der Waals surface area (Å²) < 4.78 is 0. The van der Waals surface area contributed by atoms with E-state index in [1.807, 2.05) is 0 Å². The van der Waals surface area contributed by atoms with Crippen LogP contribution < -0.4 is 17.2 Å². The molecule has 0 saturated carbocycles. The van der Waals surface area contributed by atoms with Crippen molar-refractivity contribution in [3.8, 4) is 0 Å². The average Bonchev–Trinajstić information content (AvgIpc) is 1.56. The van der Waals surface area contributed by atoms with E-state index in [-0.39, 0.29) is 11.9 Å². The van der Waals surface area contributed by atoms with Crippen LogP contribution >= 0.6 is 0 Å². The molecule has 0 aromatic carbocycles. The third kappa shape index (κ3) is 74.4. The zero-order valence-electron chi connectivity index (χ0n) is 5.43. The molecule has 64 valence electrons. The van der Waals surface area contributed by atoms with E-state index in [1.165, 1.54) is 0 Å². The van der Waals surface area contributed by atoms with Gasteiger partial charge in [0.15, 0.2) is 5.96 Å². The molecule has 11 heavy (non-hydrogen) atoms. The minimum atomic E-state index is -1.25. The minimum absolute atomic E-state index is 0.187. The summed E-state index contributed by atoms with van der Waals surface area (Å²) in [7, 11) is 0. The Kier molecular flexibility index (Phi) is 6.45. The van der Waals surface area contributed by atoms with Crippen LogP contribution in [0.15, 0.2) is 4.99 Å². The summed E-state index contributed by atoms with van der Waals surface area (Å²) in [6, 6.07) is 0. The lowest BCUT2D eigenvalue weighted by molar-refractivity contribution is -0.969. The van der Waals surface area contributed by atoms with E-state index >= 15 is 0 Å². The molecule has 0 fully saturated rings. The first-order valence-electron chi connectivity index (χ1n) is 2.15. The second-order valence-electron chi connectivity index (χ2n) is 1.17. The number of rotatable bonds is 0. The Morgan fingerprint density at radius 1 is 1.36 bits per heavy atom. The van der Waals surface area contributed by atoms with Gasteiger partial charge in [0.1, 0.15) is 4.91 Å². The SMILES string of the molecule is N=C(N)N=C(N)N.O=[N+](O)O. The van der Waals surface area contributed by atoms with E-state index < -0.39 is 5.09 Å². The van der Waals surface area contributed by atoms with Crippen LogP contribution in [0.2, 0.25) is 0 Å². The van der Waals surface area contributed by atoms with Gasteiger partial charge >= 0.3 is 5.09 Å². The molecule has 0 aliphatic carbocycles. The van der Waals surface area contributed by atoms with Gasteiger partial charge in [0.2, 0.25) is 5.96 Å². The number of guanidine groups is 2. The molecule has 0 rings (SSSR count). The number of nitrogens with one attached hydrogen (secondary N) is 1. The quantitative estimate of drug-likeness (QED) is 0.133. The van der Waals surface area contributed by atoms with Crippen LogP contribution in [0.5, 0.6) is 0 Å². The number of nitrogens with zero attached hydrogens (tertiary/aromatic N) is 2. The summed E-state index contributed by atoms with van der Waals surface area (Å²) in [6.45, 7) is 0. The normalized spacial score (nSPS) is 6.91. The smallest absolute Gasteiger partial charge is 0.370 e. The highest BCUT2D eigenvalue weighted by Gasteiger charge is 1.79. The molecule has 0 amide bonds.